The molecule has 256 valence electrons. The monoisotopic (exact) mass is 872 g/mol. The molecule has 6 nitrogen and oxygen atoms in total. The quantitative estimate of drug-likeness (QED) is 0.128. The van der Waals surface area contributed by atoms with Crippen molar-refractivity contribution in [3.05, 3.63) is 176 Å². The number of aromatic nitrogens is 5. The van der Waals surface area contributed by atoms with Gasteiger partial charge in [0.05, 0.1) is 28.4 Å². The van der Waals surface area contributed by atoms with E-state index in [1.807, 2.05) is 60.9 Å². The Bertz CT molecular complexity index is 3190. The minimum absolute atomic E-state index is 0. The standard InChI is InChI=1S/C47H27N5O.Pt/c1-4-13-30(14-5-1)41-29-51-45-38(20-12-26-48-45)36-25-23-33(27-39(36)46(51)49-41)53-34-22-24-35-37-19-10-11-21-42(37)52-44(32-17-8-3-9-18-32)43(31-15-6-2-7-16-31)50-47(52)40(35)28-34;/h1-26,29H;/q-2;+2. The molecule has 0 aliphatic heterocycles. The Labute approximate surface area is 324 Å². The molecule has 0 aliphatic rings. The number of ether oxygens (including phenoxy) is 1. The van der Waals surface area contributed by atoms with E-state index >= 15 is 0 Å². The van der Waals surface area contributed by atoms with Gasteiger partial charge in [0, 0.05) is 40.5 Å². The smallest absolute Gasteiger partial charge is 0.497 e. The van der Waals surface area contributed by atoms with E-state index in [4.69, 9.17) is 19.7 Å². The molecule has 54 heavy (non-hydrogen) atoms. The normalized spacial score (nSPS) is 11.6. The van der Waals surface area contributed by atoms with Crippen LogP contribution in [-0.2, 0) is 21.1 Å². The second-order valence-electron chi connectivity index (χ2n) is 13.1. The van der Waals surface area contributed by atoms with Crippen LogP contribution in [0.4, 0.5) is 0 Å². The average Bonchev–Trinajstić information content (AvgIpc) is 3.87. The Hall–Kier alpha value is -6.62. The van der Waals surface area contributed by atoms with Crippen molar-refractivity contribution in [2.45, 2.75) is 0 Å². The molecular weight excluding hydrogens is 846 g/mol. The topological polar surface area (TPSA) is 56.7 Å². The van der Waals surface area contributed by atoms with Gasteiger partial charge < -0.3 is 13.5 Å². The van der Waals surface area contributed by atoms with Crippen LogP contribution in [0.1, 0.15) is 0 Å². The Balaban J connectivity index is 0.00000361. The third-order valence-corrected chi connectivity index (χ3v) is 9.99. The fraction of sp³-hybridized carbons (Fsp3) is 0. The van der Waals surface area contributed by atoms with E-state index in [-0.39, 0.29) is 21.1 Å². The van der Waals surface area contributed by atoms with Gasteiger partial charge in [0.1, 0.15) is 5.65 Å². The van der Waals surface area contributed by atoms with Gasteiger partial charge >= 0.3 is 21.1 Å². The van der Waals surface area contributed by atoms with Crippen LogP contribution < -0.4 is 4.74 Å². The van der Waals surface area contributed by atoms with Gasteiger partial charge in [0.15, 0.2) is 0 Å². The van der Waals surface area contributed by atoms with Gasteiger partial charge in [-0.1, -0.05) is 161 Å². The molecule has 0 saturated heterocycles. The fourth-order valence-electron chi connectivity index (χ4n) is 7.63. The van der Waals surface area contributed by atoms with Crippen LogP contribution in [0.25, 0.3) is 88.5 Å². The summed E-state index contributed by atoms with van der Waals surface area (Å²) < 4.78 is 10.9. The Morgan fingerprint density at radius 1 is 0.481 bits per heavy atom. The van der Waals surface area contributed by atoms with E-state index in [1.165, 1.54) is 0 Å². The first-order valence-electron chi connectivity index (χ1n) is 17.5. The van der Waals surface area contributed by atoms with E-state index in [1.54, 1.807) is 0 Å². The Morgan fingerprint density at radius 3 is 1.80 bits per heavy atom. The zero-order valence-corrected chi connectivity index (χ0v) is 30.8. The van der Waals surface area contributed by atoms with Gasteiger partial charge in [0.25, 0.3) is 0 Å². The van der Waals surface area contributed by atoms with Gasteiger partial charge in [-0.2, -0.15) is 0 Å². The molecule has 0 unspecified atom stereocenters. The fourth-order valence-corrected chi connectivity index (χ4v) is 7.63. The summed E-state index contributed by atoms with van der Waals surface area (Å²) in [5.41, 5.74) is 9.50. The molecule has 11 aromatic rings. The molecule has 0 radical (unpaired) electrons. The molecule has 0 atom stereocenters. The van der Waals surface area contributed by atoms with Crippen molar-refractivity contribution >= 4 is 54.8 Å². The van der Waals surface area contributed by atoms with E-state index in [0.717, 1.165) is 88.5 Å². The molecule has 6 aromatic carbocycles. The van der Waals surface area contributed by atoms with Crippen molar-refractivity contribution in [2.24, 2.45) is 0 Å². The van der Waals surface area contributed by atoms with Crippen LogP contribution in [0.3, 0.4) is 0 Å². The van der Waals surface area contributed by atoms with Crippen LogP contribution >= 0.6 is 0 Å². The number of imidazole rings is 2. The minimum Gasteiger partial charge on any atom is -0.497 e. The minimum atomic E-state index is 0. The maximum absolute atomic E-state index is 6.61. The van der Waals surface area contributed by atoms with Crippen molar-refractivity contribution < 1.29 is 25.8 Å². The summed E-state index contributed by atoms with van der Waals surface area (Å²) in [6.45, 7) is 0. The molecule has 0 bridgehead atoms. The van der Waals surface area contributed by atoms with Gasteiger partial charge in [-0.3, -0.25) is 9.97 Å². The molecule has 5 aromatic heterocycles. The maximum Gasteiger partial charge on any atom is 2.00 e. The van der Waals surface area contributed by atoms with E-state index in [9.17, 15) is 0 Å². The first kappa shape index (κ1) is 32.1. The summed E-state index contributed by atoms with van der Waals surface area (Å²) in [6.07, 6.45) is 3.86. The summed E-state index contributed by atoms with van der Waals surface area (Å²) >= 11 is 0. The molecule has 11 rings (SSSR count). The average molecular weight is 873 g/mol. The Morgan fingerprint density at radius 2 is 1.07 bits per heavy atom. The van der Waals surface area contributed by atoms with Crippen molar-refractivity contribution in [3.8, 4) is 45.3 Å². The third-order valence-electron chi connectivity index (χ3n) is 9.99. The van der Waals surface area contributed by atoms with Crippen molar-refractivity contribution in [1.82, 2.24) is 23.8 Å². The van der Waals surface area contributed by atoms with Gasteiger partial charge in [-0.05, 0) is 28.5 Å². The zero-order valence-electron chi connectivity index (χ0n) is 28.5. The van der Waals surface area contributed by atoms with Gasteiger partial charge in [-0.15, -0.1) is 12.1 Å². The zero-order chi connectivity index (χ0) is 34.9. The third kappa shape index (κ3) is 5.02. The van der Waals surface area contributed by atoms with Gasteiger partial charge in [0.2, 0.25) is 0 Å². The van der Waals surface area contributed by atoms with Crippen LogP contribution in [-0.4, -0.2) is 23.8 Å². The van der Waals surface area contributed by atoms with Crippen LogP contribution in [0.2, 0.25) is 0 Å². The predicted molar refractivity (Wildman–Crippen MR) is 212 cm³/mol. The molecule has 0 spiro atoms. The molecule has 0 fully saturated rings. The number of rotatable bonds is 5. The number of pyridine rings is 3. The molecule has 0 amide bonds. The summed E-state index contributed by atoms with van der Waals surface area (Å²) in [6, 6.07) is 58.9. The SMILES string of the molecule is [Pt+2].[c-]1c(Oc2[c-]c3c(cc2)c2ccccc2n2c(-c4ccccc4)c(-c4ccccc4)nc32)ccc2c1c1nc(-c3ccccc3)cn1c1ncccc21. The van der Waals surface area contributed by atoms with Crippen LogP contribution in [0, 0.1) is 12.1 Å². The summed E-state index contributed by atoms with van der Waals surface area (Å²) in [4.78, 5) is 15.2. The number of nitrogens with zero attached hydrogens (tertiary/aromatic N) is 5. The van der Waals surface area contributed by atoms with Gasteiger partial charge in [-0.25, -0.2) is 4.98 Å². The molecule has 0 N–H and O–H groups in total. The van der Waals surface area contributed by atoms with Crippen LogP contribution in [0.5, 0.6) is 11.5 Å². The van der Waals surface area contributed by atoms with Crippen molar-refractivity contribution in [1.29, 1.82) is 0 Å². The number of para-hydroxylation sites is 1. The summed E-state index contributed by atoms with van der Waals surface area (Å²) in [5, 5.41) is 5.92. The molecule has 0 saturated carbocycles. The number of hydrogen-bond acceptors (Lipinski definition) is 4. The van der Waals surface area contributed by atoms with Crippen LogP contribution in [0.15, 0.2) is 164 Å². The Kier molecular flexibility index (Phi) is 7.60. The maximum atomic E-state index is 6.61. The molecule has 5 heterocycles. The first-order valence-corrected chi connectivity index (χ1v) is 17.5. The number of fused-ring (bicyclic) bond motifs is 12. The molecular formula is C47H27N5OPt. The second-order valence-corrected chi connectivity index (χ2v) is 13.1. The van der Waals surface area contributed by atoms with E-state index < -0.39 is 0 Å². The summed E-state index contributed by atoms with van der Waals surface area (Å²) in [7, 11) is 0. The van der Waals surface area contributed by atoms with Crippen molar-refractivity contribution in [3.63, 3.8) is 0 Å². The van der Waals surface area contributed by atoms with E-state index in [2.05, 4.69) is 124 Å². The number of benzene rings is 6. The first-order chi connectivity index (χ1) is 26.3. The summed E-state index contributed by atoms with van der Waals surface area (Å²) in [5.74, 6) is 1.14. The largest absolute Gasteiger partial charge is 2.00 e. The molecule has 0 aliphatic carbocycles. The predicted octanol–water partition coefficient (Wildman–Crippen LogP) is 11.4. The molecule has 7 heteroatoms. The second kappa shape index (κ2) is 12.8. The number of hydrogen-bond donors (Lipinski definition) is 0. The van der Waals surface area contributed by atoms with E-state index in [0.29, 0.717) is 11.5 Å². The van der Waals surface area contributed by atoms with Crippen molar-refractivity contribution in [2.75, 3.05) is 0 Å².